The predicted octanol–water partition coefficient (Wildman–Crippen LogP) is 4.24. The lowest BCUT2D eigenvalue weighted by molar-refractivity contribution is -0.154. The van der Waals surface area contributed by atoms with Gasteiger partial charge in [0, 0.05) is 31.6 Å². The normalized spacial score (nSPS) is 39.5. The summed E-state index contributed by atoms with van der Waals surface area (Å²) in [6, 6.07) is 0. The van der Waals surface area contributed by atoms with E-state index in [1.54, 1.807) is 5.57 Å². The minimum atomic E-state index is -3.16. The van der Waals surface area contributed by atoms with Crippen molar-refractivity contribution in [1.82, 2.24) is 9.21 Å². The van der Waals surface area contributed by atoms with Gasteiger partial charge in [-0.1, -0.05) is 44.9 Å². The van der Waals surface area contributed by atoms with E-state index in [-0.39, 0.29) is 28.8 Å². The Bertz CT molecular complexity index is 938. The van der Waals surface area contributed by atoms with Gasteiger partial charge in [0.25, 0.3) is 0 Å². The first-order chi connectivity index (χ1) is 15.9. The largest absolute Gasteiger partial charge is 0.464 e. The number of piperazine rings is 1. The SMILES string of the molecule is C=CC1(C)CC=C2C(CCC3C(C)(COC(=O)CN4CCN(S(C)(=O)=O)CC4)CCCC23C)C1. The molecule has 4 rings (SSSR count). The van der Waals surface area contributed by atoms with Gasteiger partial charge in [-0.25, -0.2) is 8.42 Å². The number of allylic oxidation sites excluding steroid dienone is 3. The van der Waals surface area contributed by atoms with E-state index in [0.29, 0.717) is 44.6 Å². The van der Waals surface area contributed by atoms with Crippen LogP contribution in [0, 0.1) is 28.1 Å². The Hall–Kier alpha value is -1.18. The number of carbonyl (C=O) groups is 1. The standard InChI is InChI=1S/C27H44N2O4S/c1-6-25(2)13-10-22-21(18-25)8-9-23-26(3,11-7-12-27(22,23)4)20-33-24(30)19-28-14-16-29(17-15-28)34(5,31)32/h6,10,21,23H,1,7-9,11-20H2,2-5H3. The molecule has 0 aromatic rings. The quantitative estimate of drug-likeness (QED) is 0.410. The van der Waals surface area contributed by atoms with Gasteiger partial charge in [0.05, 0.1) is 19.4 Å². The van der Waals surface area contributed by atoms with Crippen molar-refractivity contribution in [3.05, 3.63) is 24.3 Å². The molecule has 6 nitrogen and oxygen atoms in total. The summed E-state index contributed by atoms with van der Waals surface area (Å²) in [7, 11) is -3.16. The van der Waals surface area contributed by atoms with E-state index >= 15 is 0 Å². The molecule has 1 heterocycles. The molecule has 3 fully saturated rings. The van der Waals surface area contributed by atoms with Gasteiger partial charge in [0.1, 0.15) is 0 Å². The summed E-state index contributed by atoms with van der Waals surface area (Å²) in [5, 5.41) is 0. The Morgan fingerprint density at radius 1 is 1.18 bits per heavy atom. The van der Waals surface area contributed by atoms with Crippen LogP contribution in [-0.2, 0) is 19.6 Å². The van der Waals surface area contributed by atoms with Gasteiger partial charge in [0.15, 0.2) is 0 Å². The zero-order valence-corrected chi connectivity index (χ0v) is 22.5. The third-order valence-electron chi connectivity index (χ3n) is 9.67. The summed E-state index contributed by atoms with van der Waals surface area (Å²) in [6.07, 6.45) is 14.2. The van der Waals surface area contributed by atoms with Crippen LogP contribution in [0.25, 0.3) is 0 Å². The molecule has 0 amide bonds. The lowest BCUT2D eigenvalue weighted by atomic mass is 9.46. The third-order valence-corrected chi connectivity index (χ3v) is 11.0. The zero-order valence-electron chi connectivity index (χ0n) is 21.6. The number of rotatable bonds is 6. The van der Waals surface area contributed by atoms with Crippen molar-refractivity contribution < 1.29 is 17.9 Å². The van der Waals surface area contributed by atoms with Gasteiger partial charge in [-0.3, -0.25) is 9.69 Å². The monoisotopic (exact) mass is 492 g/mol. The van der Waals surface area contributed by atoms with Gasteiger partial charge in [-0.15, -0.1) is 6.58 Å². The van der Waals surface area contributed by atoms with Crippen LogP contribution >= 0.6 is 0 Å². The van der Waals surface area contributed by atoms with Crippen molar-refractivity contribution >= 4 is 16.0 Å². The van der Waals surface area contributed by atoms with Crippen molar-refractivity contribution in [1.29, 1.82) is 0 Å². The number of hydrogen-bond acceptors (Lipinski definition) is 5. The molecular formula is C27H44N2O4S. The van der Waals surface area contributed by atoms with Crippen molar-refractivity contribution in [2.45, 2.75) is 65.7 Å². The summed E-state index contributed by atoms with van der Waals surface area (Å²) in [5.41, 5.74) is 2.09. The van der Waals surface area contributed by atoms with Crippen molar-refractivity contribution in [2.75, 3.05) is 45.6 Å². The molecule has 4 aliphatic rings. The van der Waals surface area contributed by atoms with Crippen LogP contribution in [0.15, 0.2) is 24.3 Å². The van der Waals surface area contributed by atoms with E-state index in [1.807, 2.05) is 4.90 Å². The van der Waals surface area contributed by atoms with Crippen LogP contribution in [0.3, 0.4) is 0 Å². The topological polar surface area (TPSA) is 66.9 Å². The first-order valence-corrected chi connectivity index (χ1v) is 14.9. The molecule has 3 aliphatic carbocycles. The summed E-state index contributed by atoms with van der Waals surface area (Å²) < 4.78 is 30.8. The van der Waals surface area contributed by atoms with Gasteiger partial charge < -0.3 is 4.74 Å². The molecule has 0 aromatic carbocycles. The average Bonchev–Trinajstić information content (AvgIpc) is 2.77. The highest BCUT2D eigenvalue weighted by Crippen LogP contribution is 2.63. The fraction of sp³-hybridized carbons (Fsp3) is 0.815. The molecule has 1 aliphatic heterocycles. The number of sulfonamides is 1. The van der Waals surface area contributed by atoms with Gasteiger partial charge in [0.2, 0.25) is 10.0 Å². The number of esters is 1. The summed E-state index contributed by atoms with van der Waals surface area (Å²) >= 11 is 0. The predicted molar refractivity (Wildman–Crippen MR) is 136 cm³/mol. The first-order valence-electron chi connectivity index (χ1n) is 13.1. The van der Waals surface area contributed by atoms with E-state index in [9.17, 15) is 13.2 Å². The number of ether oxygens (including phenoxy) is 1. The van der Waals surface area contributed by atoms with Crippen molar-refractivity contribution in [3.8, 4) is 0 Å². The minimum Gasteiger partial charge on any atom is -0.464 e. The Labute approximate surface area is 206 Å². The van der Waals surface area contributed by atoms with Crippen molar-refractivity contribution in [2.24, 2.45) is 28.1 Å². The Morgan fingerprint density at radius 2 is 1.88 bits per heavy atom. The third kappa shape index (κ3) is 5.03. The van der Waals surface area contributed by atoms with Crippen LogP contribution in [0.5, 0.6) is 0 Å². The number of fused-ring (bicyclic) bond motifs is 3. The second-order valence-corrected chi connectivity index (χ2v) is 14.3. The smallest absolute Gasteiger partial charge is 0.320 e. The second kappa shape index (κ2) is 9.36. The molecule has 7 heteroatoms. The molecule has 0 spiro atoms. The number of carbonyl (C=O) groups excluding carboxylic acids is 1. The van der Waals surface area contributed by atoms with Crippen LogP contribution in [0.4, 0.5) is 0 Å². The Morgan fingerprint density at radius 3 is 2.53 bits per heavy atom. The van der Waals surface area contributed by atoms with E-state index in [2.05, 4.69) is 39.5 Å². The highest BCUT2D eigenvalue weighted by atomic mass is 32.2. The van der Waals surface area contributed by atoms with Crippen LogP contribution < -0.4 is 0 Å². The Balaban J connectivity index is 1.37. The van der Waals surface area contributed by atoms with Crippen LogP contribution in [0.2, 0.25) is 0 Å². The summed E-state index contributed by atoms with van der Waals surface area (Å²) in [5.74, 6) is 1.01. The van der Waals surface area contributed by atoms with Gasteiger partial charge in [-0.2, -0.15) is 4.31 Å². The van der Waals surface area contributed by atoms with E-state index in [0.717, 1.165) is 12.8 Å². The highest BCUT2D eigenvalue weighted by molar-refractivity contribution is 7.88. The molecule has 5 unspecified atom stereocenters. The maximum Gasteiger partial charge on any atom is 0.320 e. The van der Waals surface area contributed by atoms with E-state index in [4.69, 9.17) is 4.74 Å². The molecular weight excluding hydrogens is 448 g/mol. The molecule has 34 heavy (non-hydrogen) atoms. The highest BCUT2D eigenvalue weighted by Gasteiger charge is 2.55. The molecule has 0 bridgehead atoms. The van der Waals surface area contributed by atoms with Gasteiger partial charge >= 0.3 is 5.97 Å². The number of hydrogen-bond donors (Lipinski definition) is 0. The Kier molecular flexibility index (Phi) is 7.13. The second-order valence-electron chi connectivity index (χ2n) is 12.3. The fourth-order valence-corrected chi connectivity index (χ4v) is 8.44. The molecule has 5 atom stereocenters. The maximum absolute atomic E-state index is 12.7. The van der Waals surface area contributed by atoms with Crippen LogP contribution in [-0.4, -0.2) is 69.2 Å². The molecule has 0 radical (unpaired) electrons. The maximum atomic E-state index is 12.7. The molecule has 2 saturated carbocycles. The summed E-state index contributed by atoms with van der Waals surface area (Å²) in [4.78, 5) is 14.7. The van der Waals surface area contributed by atoms with E-state index in [1.165, 1.54) is 42.7 Å². The van der Waals surface area contributed by atoms with Gasteiger partial charge in [-0.05, 0) is 61.2 Å². The van der Waals surface area contributed by atoms with Crippen molar-refractivity contribution in [3.63, 3.8) is 0 Å². The lowest BCUT2D eigenvalue weighted by Crippen LogP contribution is -2.52. The first kappa shape index (κ1) is 25.9. The average molecular weight is 493 g/mol. The fourth-order valence-electron chi connectivity index (χ4n) is 7.61. The molecule has 192 valence electrons. The molecule has 0 N–H and O–H groups in total. The summed E-state index contributed by atoms with van der Waals surface area (Å²) in [6.45, 7) is 14.0. The molecule has 0 aromatic heterocycles. The zero-order chi connectivity index (χ0) is 24.8. The van der Waals surface area contributed by atoms with E-state index < -0.39 is 10.0 Å². The molecule has 1 saturated heterocycles. The minimum absolute atomic E-state index is 0.00262. The lowest BCUT2D eigenvalue weighted by Gasteiger charge is -2.59. The number of nitrogens with zero attached hydrogens (tertiary/aromatic N) is 2. The van der Waals surface area contributed by atoms with Crippen LogP contribution in [0.1, 0.15) is 65.7 Å².